The summed E-state index contributed by atoms with van der Waals surface area (Å²) < 4.78 is 11.4. The third kappa shape index (κ3) is 10.7. The molecule has 2 aliphatic rings. The summed E-state index contributed by atoms with van der Waals surface area (Å²) in [6.45, 7) is 3.44. The second kappa shape index (κ2) is 20.6. The smallest absolute Gasteiger partial charge is 0.345 e. The van der Waals surface area contributed by atoms with Crippen LogP contribution < -0.4 is 25.7 Å². The van der Waals surface area contributed by atoms with Gasteiger partial charge in [0.2, 0.25) is 11.2 Å². The van der Waals surface area contributed by atoms with Crippen LogP contribution in [0, 0.1) is 5.92 Å². The van der Waals surface area contributed by atoms with E-state index in [1.165, 1.54) is 30.9 Å². The number of aliphatic carboxylic acids is 1. The lowest BCUT2D eigenvalue weighted by Gasteiger charge is -2.39. The summed E-state index contributed by atoms with van der Waals surface area (Å²) in [7, 11) is 1.47. The molecule has 0 bridgehead atoms. The lowest BCUT2D eigenvalue weighted by molar-refractivity contribution is -0.155. The number of carboxylic acids is 1. The number of nitrogens with zero attached hydrogens (tertiary/aromatic N) is 2. The van der Waals surface area contributed by atoms with E-state index in [4.69, 9.17) is 9.47 Å². The Kier molecular flexibility index (Phi) is 14.3. The molecule has 6 aromatic rings. The molecule has 7 N–H and O–H groups in total. The van der Waals surface area contributed by atoms with Gasteiger partial charge in [0.25, 0.3) is 11.8 Å². The number of pyridine rings is 1. The van der Waals surface area contributed by atoms with Crippen molar-refractivity contribution >= 4 is 28.7 Å². The maximum absolute atomic E-state index is 13.5. The Morgan fingerprint density at radius 3 is 2.40 bits per heavy atom. The van der Waals surface area contributed by atoms with E-state index in [0.717, 1.165) is 43.6 Å². The summed E-state index contributed by atoms with van der Waals surface area (Å²) in [6.07, 6.45) is 1.61. The number of aliphatic hydroxyl groups is 2. The molecule has 0 aliphatic carbocycles. The molecule has 15 heteroatoms. The Balaban J connectivity index is 0.812. The number of methoxy groups -OCH3 is 1. The van der Waals surface area contributed by atoms with Gasteiger partial charge in [-0.1, -0.05) is 78.9 Å². The lowest BCUT2D eigenvalue weighted by Crippen LogP contribution is -2.61. The number of fused-ring (bicyclic) bond motifs is 1. The Morgan fingerprint density at radius 1 is 0.881 bits per heavy atom. The molecule has 2 fully saturated rings. The maximum atomic E-state index is 13.5. The second-order valence-electron chi connectivity index (χ2n) is 17.3. The first kappa shape index (κ1) is 46.5. The standard InChI is InChI=1S/C52H55N5O10/c1-66-46-25-35(27-53-28-45(59)40-16-18-44(58)49-41(40)17-19-47(60)55-49)14-15-42(46)50(62)57-30-38(31-57)54-48(61)32-67-39-12-7-11-37(26-39)52(65,51(63)64)43-13-6-5-10-36(43)24-33-20-22-56(23-21-33)29-34-8-3-2-4-9-34/h2-19,25-26,33,38,45,53,58-59,65H,20-24,27-32H2,1H3,(H,54,61)(H,55,60)(H,63,64)/t45-,52-/m0/s1. The van der Waals surface area contributed by atoms with Crippen molar-refractivity contribution in [2.75, 3.05) is 46.4 Å². The average molecular weight is 910 g/mol. The first-order valence-corrected chi connectivity index (χ1v) is 22.4. The van der Waals surface area contributed by atoms with Gasteiger partial charge >= 0.3 is 5.97 Å². The third-order valence-corrected chi connectivity index (χ3v) is 12.8. The number of hydrogen-bond donors (Lipinski definition) is 7. The predicted molar refractivity (Wildman–Crippen MR) is 251 cm³/mol. The van der Waals surface area contributed by atoms with Crippen LogP contribution in [0.3, 0.4) is 0 Å². The Labute approximate surface area is 387 Å². The Morgan fingerprint density at radius 2 is 1.64 bits per heavy atom. The number of aromatic hydroxyl groups is 1. The monoisotopic (exact) mass is 909 g/mol. The van der Waals surface area contributed by atoms with E-state index < -0.39 is 23.6 Å². The summed E-state index contributed by atoms with van der Waals surface area (Å²) in [5.41, 5.74) is 1.67. The third-order valence-electron chi connectivity index (χ3n) is 12.8. The molecule has 2 aliphatic heterocycles. The van der Waals surface area contributed by atoms with Crippen molar-refractivity contribution in [3.05, 3.63) is 171 Å². The fourth-order valence-corrected chi connectivity index (χ4v) is 9.12. The molecule has 2 atom stereocenters. The van der Waals surface area contributed by atoms with Crippen molar-refractivity contribution in [2.24, 2.45) is 5.92 Å². The number of likely N-dealkylation sites (tertiary alicyclic amines) is 2. The highest BCUT2D eigenvalue weighted by atomic mass is 16.5. The number of piperidine rings is 1. The average Bonchev–Trinajstić information content (AvgIpc) is 3.32. The topological polar surface area (TPSA) is 214 Å². The molecule has 3 heterocycles. The summed E-state index contributed by atoms with van der Waals surface area (Å²) in [4.78, 5) is 57.8. The van der Waals surface area contributed by atoms with Crippen LogP contribution in [-0.4, -0.2) is 105 Å². The number of carboxylic acid groups (broad SMARTS) is 1. The van der Waals surface area contributed by atoms with Gasteiger partial charge in [0.15, 0.2) is 6.61 Å². The fraction of sp³-hybridized carbons (Fsp3) is 0.308. The van der Waals surface area contributed by atoms with Crippen molar-refractivity contribution in [1.29, 1.82) is 0 Å². The molecule has 0 spiro atoms. The van der Waals surface area contributed by atoms with Gasteiger partial charge in [0, 0.05) is 55.3 Å². The van der Waals surface area contributed by atoms with Crippen LogP contribution in [0.2, 0.25) is 0 Å². The number of H-pyrrole nitrogens is 1. The SMILES string of the molecule is COc1cc(CNC[C@H](O)c2ccc(O)c3[nH]c(=O)ccc23)ccc1C(=O)N1CC(NC(=O)COc2cccc([C@@](O)(C(=O)O)c3ccccc3CC3CCN(Cc4ccccc4)CC3)c2)C1. The van der Waals surface area contributed by atoms with Gasteiger partial charge in [-0.2, -0.15) is 0 Å². The normalized spacial score (nSPS) is 15.9. The van der Waals surface area contributed by atoms with Crippen molar-refractivity contribution in [3.8, 4) is 17.2 Å². The molecule has 0 saturated carbocycles. The number of benzene rings is 5. The molecule has 67 heavy (non-hydrogen) atoms. The van der Waals surface area contributed by atoms with Gasteiger partial charge in [-0.3, -0.25) is 19.3 Å². The molecule has 2 saturated heterocycles. The largest absolute Gasteiger partial charge is 0.506 e. The highest BCUT2D eigenvalue weighted by molar-refractivity contribution is 5.97. The van der Waals surface area contributed by atoms with E-state index in [1.807, 2.05) is 30.3 Å². The van der Waals surface area contributed by atoms with Crippen molar-refractivity contribution in [3.63, 3.8) is 0 Å². The summed E-state index contributed by atoms with van der Waals surface area (Å²) in [6, 6.07) is 34.5. The van der Waals surface area contributed by atoms with Crippen LogP contribution >= 0.6 is 0 Å². The van der Waals surface area contributed by atoms with E-state index in [2.05, 4.69) is 32.7 Å². The summed E-state index contributed by atoms with van der Waals surface area (Å²) >= 11 is 0. The zero-order valence-corrected chi connectivity index (χ0v) is 37.2. The Hall–Kier alpha value is -7.04. The van der Waals surface area contributed by atoms with Crippen LogP contribution in [0.1, 0.15) is 62.7 Å². The van der Waals surface area contributed by atoms with Gasteiger partial charge in [-0.25, -0.2) is 4.79 Å². The van der Waals surface area contributed by atoms with Crippen LogP contribution in [0.5, 0.6) is 17.2 Å². The van der Waals surface area contributed by atoms with E-state index in [1.54, 1.807) is 65.6 Å². The first-order chi connectivity index (χ1) is 32.4. The van der Waals surface area contributed by atoms with Gasteiger partial charge in [-0.15, -0.1) is 0 Å². The van der Waals surface area contributed by atoms with Crippen LogP contribution in [-0.2, 0) is 34.7 Å². The number of aromatic amines is 1. The number of ether oxygens (including phenoxy) is 2. The number of carbonyl (C=O) groups excluding carboxylic acids is 2. The molecule has 0 radical (unpaired) electrons. The number of aliphatic hydroxyl groups excluding tert-OH is 1. The molecule has 15 nitrogen and oxygen atoms in total. The highest BCUT2D eigenvalue weighted by Gasteiger charge is 2.42. The van der Waals surface area contributed by atoms with E-state index in [0.29, 0.717) is 46.7 Å². The molecule has 1 aromatic heterocycles. The number of nitrogens with one attached hydrogen (secondary N) is 3. The minimum absolute atomic E-state index is 0.0910. The van der Waals surface area contributed by atoms with Gasteiger partial charge in [0.1, 0.15) is 17.2 Å². The molecule has 2 amide bonds. The molecular formula is C52H55N5O10. The van der Waals surface area contributed by atoms with Gasteiger partial charge in [0.05, 0.1) is 30.3 Å². The minimum Gasteiger partial charge on any atom is -0.506 e. The summed E-state index contributed by atoms with van der Waals surface area (Å²) in [5, 5.41) is 50.3. The molecule has 348 valence electrons. The number of phenols is 1. The number of phenolic OH excluding ortho intramolecular Hbond substituents is 1. The maximum Gasteiger partial charge on any atom is 0.345 e. The fourth-order valence-electron chi connectivity index (χ4n) is 9.12. The number of carbonyl (C=O) groups is 3. The first-order valence-electron chi connectivity index (χ1n) is 22.4. The quantitative estimate of drug-likeness (QED) is 0.0616. The second-order valence-corrected chi connectivity index (χ2v) is 17.3. The van der Waals surface area contributed by atoms with E-state index >= 15 is 0 Å². The number of hydrogen-bond acceptors (Lipinski definition) is 11. The van der Waals surface area contributed by atoms with Crippen LogP contribution in [0.15, 0.2) is 126 Å². The highest BCUT2D eigenvalue weighted by Crippen LogP contribution is 2.36. The zero-order chi connectivity index (χ0) is 47.1. The predicted octanol–water partition coefficient (Wildman–Crippen LogP) is 4.86. The van der Waals surface area contributed by atoms with E-state index in [9.17, 15) is 39.6 Å². The molecular weight excluding hydrogens is 855 g/mol. The lowest BCUT2D eigenvalue weighted by atomic mass is 9.80. The number of amides is 2. The van der Waals surface area contributed by atoms with Gasteiger partial charge < -0.3 is 50.4 Å². The zero-order valence-electron chi connectivity index (χ0n) is 37.2. The van der Waals surface area contributed by atoms with Crippen molar-refractivity contribution < 1.29 is 44.3 Å². The Bertz CT molecular complexity index is 2790. The van der Waals surface area contributed by atoms with Crippen LogP contribution in [0.4, 0.5) is 0 Å². The van der Waals surface area contributed by atoms with E-state index in [-0.39, 0.29) is 66.3 Å². The summed E-state index contributed by atoms with van der Waals surface area (Å²) in [5.74, 6) is -1.29. The molecule has 0 unspecified atom stereocenters. The van der Waals surface area contributed by atoms with Crippen molar-refractivity contribution in [2.45, 2.75) is 50.1 Å². The number of rotatable bonds is 18. The number of aromatic nitrogens is 1. The molecule has 5 aromatic carbocycles. The van der Waals surface area contributed by atoms with Gasteiger partial charge in [-0.05, 0) is 96.9 Å². The molecule has 8 rings (SSSR count). The van der Waals surface area contributed by atoms with Crippen molar-refractivity contribution in [1.82, 2.24) is 25.4 Å². The van der Waals surface area contributed by atoms with Crippen LogP contribution in [0.25, 0.3) is 10.9 Å². The minimum atomic E-state index is -2.37.